The number of nitrogens with one attached hydrogen (secondary N) is 1. The maximum Gasteiger partial charge on any atom is 0.135 e. The second-order valence-electron chi connectivity index (χ2n) is 4.19. The summed E-state index contributed by atoms with van der Waals surface area (Å²) in [6.45, 7) is 1.56. The van der Waals surface area contributed by atoms with Gasteiger partial charge in [-0.2, -0.15) is 0 Å². The van der Waals surface area contributed by atoms with Gasteiger partial charge in [0.2, 0.25) is 0 Å². The normalized spacial score (nSPS) is 10.2. The molecule has 6 nitrogen and oxygen atoms in total. The van der Waals surface area contributed by atoms with E-state index in [9.17, 15) is 0 Å². The number of hydrogen-bond acceptors (Lipinski definition) is 6. The zero-order chi connectivity index (χ0) is 13.5. The molecule has 0 aliphatic heterocycles. The van der Waals surface area contributed by atoms with Gasteiger partial charge in [-0.15, -0.1) is 0 Å². The number of pyridine rings is 1. The van der Waals surface area contributed by atoms with E-state index in [1.54, 1.807) is 18.7 Å². The first-order valence-electron chi connectivity index (χ1n) is 6.20. The highest BCUT2D eigenvalue weighted by atomic mass is 15.2. The van der Waals surface area contributed by atoms with Crippen molar-refractivity contribution < 1.29 is 0 Å². The summed E-state index contributed by atoms with van der Waals surface area (Å²) in [6, 6.07) is 5.69. The van der Waals surface area contributed by atoms with Crippen LogP contribution in [0.1, 0.15) is 6.42 Å². The molecule has 100 valence electrons. The Kier molecular flexibility index (Phi) is 4.63. The molecule has 0 aliphatic carbocycles. The van der Waals surface area contributed by atoms with Gasteiger partial charge in [-0.05, 0) is 25.1 Å². The average Bonchev–Trinajstić information content (AvgIpc) is 2.46. The Labute approximate surface area is 112 Å². The fraction of sp³-hybridized carbons (Fsp3) is 0.308. The summed E-state index contributed by atoms with van der Waals surface area (Å²) < 4.78 is 0. The number of nitrogens with two attached hydrogens (primary N) is 1. The van der Waals surface area contributed by atoms with Crippen molar-refractivity contribution in [1.29, 1.82) is 0 Å². The lowest BCUT2D eigenvalue weighted by atomic mass is 10.3. The molecule has 0 amide bonds. The summed E-state index contributed by atoms with van der Waals surface area (Å²) in [6.07, 6.45) is 5.96. The van der Waals surface area contributed by atoms with Gasteiger partial charge in [0.1, 0.15) is 18.0 Å². The molecule has 2 rings (SSSR count). The predicted octanol–water partition coefficient (Wildman–Crippen LogP) is 1.40. The van der Waals surface area contributed by atoms with E-state index in [1.807, 2.05) is 25.2 Å². The van der Waals surface area contributed by atoms with Crippen LogP contribution in [-0.2, 0) is 0 Å². The molecule has 19 heavy (non-hydrogen) atoms. The summed E-state index contributed by atoms with van der Waals surface area (Å²) in [5.74, 6) is 1.64. The third-order valence-corrected chi connectivity index (χ3v) is 2.69. The number of nitrogens with zero attached hydrogens (tertiary/aromatic N) is 4. The molecular weight excluding hydrogens is 240 g/mol. The maximum atomic E-state index is 5.51. The van der Waals surface area contributed by atoms with Crippen LogP contribution in [0.3, 0.4) is 0 Å². The molecule has 0 saturated heterocycles. The van der Waals surface area contributed by atoms with E-state index in [4.69, 9.17) is 5.73 Å². The smallest absolute Gasteiger partial charge is 0.135 e. The molecule has 0 aromatic carbocycles. The van der Waals surface area contributed by atoms with Crippen LogP contribution in [0.4, 0.5) is 17.3 Å². The lowest BCUT2D eigenvalue weighted by Crippen LogP contribution is -2.22. The van der Waals surface area contributed by atoms with E-state index < -0.39 is 0 Å². The molecule has 0 radical (unpaired) electrons. The van der Waals surface area contributed by atoms with E-state index in [0.717, 1.165) is 30.3 Å². The summed E-state index contributed by atoms with van der Waals surface area (Å²) >= 11 is 0. The second kappa shape index (κ2) is 6.65. The van der Waals surface area contributed by atoms with Gasteiger partial charge < -0.3 is 16.0 Å². The molecule has 0 bridgehead atoms. The van der Waals surface area contributed by atoms with Crippen molar-refractivity contribution in [3.8, 4) is 0 Å². The molecule has 0 unspecified atom stereocenters. The third kappa shape index (κ3) is 3.89. The van der Waals surface area contributed by atoms with E-state index in [1.165, 1.54) is 0 Å². The van der Waals surface area contributed by atoms with Gasteiger partial charge in [-0.1, -0.05) is 0 Å². The second-order valence-corrected chi connectivity index (χ2v) is 4.19. The highest BCUT2D eigenvalue weighted by molar-refractivity contribution is 5.58. The minimum Gasteiger partial charge on any atom is -0.359 e. The van der Waals surface area contributed by atoms with Crippen LogP contribution in [0.5, 0.6) is 0 Å². The molecule has 2 aromatic heterocycles. The summed E-state index contributed by atoms with van der Waals surface area (Å²) in [4.78, 5) is 14.5. The molecule has 0 spiro atoms. The standard InChI is InChI=1S/C13H18N6/c1-19(8-2-5-14)13-9-12(16-10-17-13)18-11-3-6-15-7-4-11/h3-4,6-7,9-10H,2,5,8,14H2,1H3,(H,15,16,17,18). The molecule has 6 heteroatoms. The first-order valence-corrected chi connectivity index (χ1v) is 6.20. The fourth-order valence-corrected chi connectivity index (χ4v) is 1.65. The van der Waals surface area contributed by atoms with E-state index in [2.05, 4.69) is 25.2 Å². The van der Waals surface area contributed by atoms with Crippen LogP contribution in [-0.4, -0.2) is 35.1 Å². The zero-order valence-electron chi connectivity index (χ0n) is 11.0. The summed E-state index contributed by atoms with van der Waals surface area (Å²) in [5, 5.41) is 3.21. The minimum atomic E-state index is 0.678. The Bertz CT molecular complexity index is 501. The van der Waals surface area contributed by atoms with E-state index in [0.29, 0.717) is 6.54 Å². The number of aromatic nitrogens is 3. The van der Waals surface area contributed by atoms with E-state index >= 15 is 0 Å². The Hall–Kier alpha value is -2.21. The summed E-state index contributed by atoms with van der Waals surface area (Å²) in [7, 11) is 1.99. The topological polar surface area (TPSA) is 80.0 Å². The van der Waals surface area contributed by atoms with Crippen molar-refractivity contribution >= 4 is 17.3 Å². The van der Waals surface area contributed by atoms with Crippen molar-refractivity contribution in [3.05, 3.63) is 36.9 Å². The largest absolute Gasteiger partial charge is 0.359 e. The molecule has 2 heterocycles. The van der Waals surface area contributed by atoms with Gasteiger partial charge in [0.05, 0.1) is 0 Å². The van der Waals surface area contributed by atoms with Gasteiger partial charge in [0.15, 0.2) is 0 Å². The fourth-order valence-electron chi connectivity index (χ4n) is 1.65. The van der Waals surface area contributed by atoms with Gasteiger partial charge in [0.25, 0.3) is 0 Å². The van der Waals surface area contributed by atoms with Crippen molar-refractivity contribution in [2.45, 2.75) is 6.42 Å². The Balaban J connectivity index is 2.06. The zero-order valence-corrected chi connectivity index (χ0v) is 11.0. The molecule has 0 saturated carbocycles. The average molecular weight is 258 g/mol. The third-order valence-electron chi connectivity index (χ3n) is 2.69. The highest BCUT2D eigenvalue weighted by Gasteiger charge is 2.04. The van der Waals surface area contributed by atoms with Gasteiger partial charge in [0, 0.05) is 37.7 Å². The quantitative estimate of drug-likeness (QED) is 0.815. The van der Waals surface area contributed by atoms with Crippen LogP contribution < -0.4 is 16.0 Å². The molecule has 0 fully saturated rings. The monoisotopic (exact) mass is 258 g/mol. The number of rotatable bonds is 6. The van der Waals surface area contributed by atoms with Crippen LogP contribution in [0.25, 0.3) is 0 Å². The molecule has 0 aliphatic rings. The Morgan fingerprint density at radius 1 is 1.26 bits per heavy atom. The molecule has 3 N–H and O–H groups in total. The number of hydrogen-bond donors (Lipinski definition) is 2. The lowest BCUT2D eigenvalue weighted by molar-refractivity contribution is 0.785. The number of anilines is 3. The maximum absolute atomic E-state index is 5.51. The van der Waals surface area contributed by atoms with Crippen LogP contribution >= 0.6 is 0 Å². The van der Waals surface area contributed by atoms with Crippen LogP contribution in [0.2, 0.25) is 0 Å². The van der Waals surface area contributed by atoms with Crippen LogP contribution in [0.15, 0.2) is 36.9 Å². The van der Waals surface area contributed by atoms with E-state index in [-0.39, 0.29) is 0 Å². The van der Waals surface area contributed by atoms with Crippen molar-refractivity contribution in [2.75, 3.05) is 30.4 Å². The highest BCUT2D eigenvalue weighted by Crippen LogP contribution is 2.17. The van der Waals surface area contributed by atoms with Crippen molar-refractivity contribution in [2.24, 2.45) is 5.73 Å². The van der Waals surface area contributed by atoms with Gasteiger partial charge >= 0.3 is 0 Å². The molecule has 0 atom stereocenters. The Morgan fingerprint density at radius 3 is 2.79 bits per heavy atom. The van der Waals surface area contributed by atoms with Crippen LogP contribution in [0, 0.1) is 0 Å². The molecule has 2 aromatic rings. The SMILES string of the molecule is CN(CCCN)c1cc(Nc2ccncc2)ncn1. The van der Waals surface area contributed by atoms with Crippen molar-refractivity contribution in [1.82, 2.24) is 15.0 Å². The van der Waals surface area contributed by atoms with Gasteiger partial charge in [-0.3, -0.25) is 4.98 Å². The first-order chi connectivity index (χ1) is 9.29. The predicted molar refractivity (Wildman–Crippen MR) is 76.5 cm³/mol. The summed E-state index contributed by atoms with van der Waals surface area (Å²) in [5.41, 5.74) is 6.46. The van der Waals surface area contributed by atoms with Crippen molar-refractivity contribution in [3.63, 3.8) is 0 Å². The van der Waals surface area contributed by atoms with Gasteiger partial charge in [-0.25, -0.2) is 9.97 Å². The minimum absolute atomic E-state index is 0.678. The lowest BCUT2D eigenvalue weighted by Gasteiger charge is -2.18. The Morgan fingerprint density at radius 2 is 2.05 bits per heavy atom. The first kappa shape index (κ1) is 13.2. The molecular formula is C13H18N6.